The lowest BCUT2D eigenvalue weighted by molar-refractivity contribution is -0.913. The highest BCUT2D eigenvalue weighted by atomic mass is 16.6. The fraction of sp³-hybridized carbons (Fsp3) is 0.400. The highest BCUT2D eigenvalue weighted by Crippen LogP contribution is 2.35. The Bertz CT molecular complexity index is 842. The van der Waals surface area contributed by atoms with E-state index in [-0.39, 0.29) is 24.8 Å². The number of fused-ring (bicyclic) bond motifs is 1. The molecule has 120 valence electrons. The minimum absolute atomic E-state index is 0.131. The molecule has 1 aromatic heterocycles. The van der Waals surface area contributed by atoms with Gasteiger partial charge in [0.2, 0.25) is 0 Å². The Balaban J connectivity index is 2.14. The number of hydroxylamine groups is 3. The molecule has 0 saturated carbocycles. The third kappa shape index (κ3) is 2.40. The van der Waals surface area contributed by atoms with Crippen LogP contribution in [-0.2, 0) is 6.54 Å². The highest BCUT2D eigenvalue weighted by molar-refractivity contribution is 5.84. The first-order chi connectivity index (χ1) is 11.0. The molecule has 0 radical (unpaired) electrons. The van der Waals surface area contributed by atoms with Crippen molar-refractivity contribution in [3.8, 4) is 6.07 Å². The summed E-state index contributed by atoms with van der Waals surface area (Å²) < 4.78 is -0.642. The number of aromatic nitrogens is 2. The van der Waals surface area contributed by atoms with Crippen molar-refractivity contribution in [1.82, 2.24) is 15.5 Å². The van der Waals surface area contributed by atoms with Gasteiger partial charge in [-0.05, 0) is 12.1 Å². The average Bonchev–Trinajstić information content (AvgIpc) is 2.83. The fourth-order valence-corrected chi connectivity index (χ4v) is 3.19. The molecule has 8 nitrogen and oxygen atoms in total. The van der Waals surface area contributed by atoms with Gasteiger partial charge >= 0.3 is 0 Å². The highest BCUT2D eigenvalue weighted by Gasteiger charge is 2.41. The van der Waals surface area contributed by atoms with Gasteiger partial charge in [-0.15, -0.1) is 0 Å². The standard InChI is InChI=1S/C15H18N6O2/c1-9-18-8-14(21(9,23)5-4-16)10-2-3-11-12(6-10)13(7-17)19-20-15(11)22/h2-3,6,9,14,18H,5,7-8,17H2,1H3,(H,20,22). The molecule has 1 saturated heterocycles. The summed E-state index contributed by atoms with van der Waals surface area (Å²) in [4.78, 5) is 11.9. The first-order valence-electron chi connectivity index (χ1n) is 7.41. The molecule has 0 spiro atoms. The van der Waals surface area contributed by atoms with E-state index in [9.17, 15) is 10.0 Å². The van der Waals surface area contributed by atoms with Crippen molar-refractivity contribution in [2.75, 3.05) is 13.1 Å². The molecule has 0 bridgehead atoms. The van der Waals surface area contributed by atoms with Crippen molar-refractivity contribution in [2.24, 2.45) is 5.73 Å². The van der Waals surface area contributed by atoms with E-state index in [1.54, 1.807) is 25.1 Å². The quantitative estimate of drug-likeness (QED) is 0.422. The van der Waals surface area contributed by atoms with Gasteiger partial charge in [-0.25, -0.2) is 5.10 Å². The molecule has 23 heavy (non-hydrogen) atoms. The summed E-state index contributed by atoms with van der Waals surface area (Å²) in [5.74, 6) is 0. The zero-order valence-corrected chi connectivity index (χ0v) is 12.7. The normalized spacial score (nSPS) is 27.2. The van der Waals surface area contributed by atoms with E-state index in [4.69, 9.17) is 11.0 Å². The SMILES string of the molecule is CC1NCC(c2ccc3c(=O)[nH]nc(CN)c3c2)[N+]1([O-])CC#N. The summed E-state index contributed by atoms with van der Waals surface area (Å²) in [6.07, 6.45) is -0.360. The fourth-order valence-electron chi connectivity index (χ4n) is 3.19. The minimum atomic E-state index is -0.642. The summed E-state index contributed by atoms with van der Waals surface area (Å²) in [7, 11) is 0. The number of H-pyrrole nitrogens is 1. The van der Waals surface area contributed by atoms with Crippen LogP contribution >= 0.6 is 0 Å². The third-order valence-corrected chi connectivity index (χ3v) is 4.58. The molecule has 3 atom stereocenters. The molecule has 4 N–H and O–H groups in total. The van der Waals surface area contributed by atoms with Gasteiger partial charge in [0.25, 0.3) is 5.56 Å². The van der Waals surface area contributed by atoms with E-state index >= 15 is 0 Å². The van der Waals surface area contributed by atoms with E-state index in [0.29, 0.717) is 23.0 Å². The van der Waals surface area contributed by atoms with E-state index in [1.165, 1.54) is 0 Å². The first-order valence-corrected chi connectivity index (χ1v) is 7.41. The summed E-state index contributed by atoms with van der Waals surface area (Å²) in [6.45, 7) is 2.31. The molecule has 2 aromatic rings. The van der Waals surface area contributed by atoms with Gasteiger partial charge in [0.1, 0.15) is 18.3 Å². The summed E-state index contributed by atoms with van der Waals surface area (Å²) in [6, 6.07) is 6.83. The largest absolute Gasteiger partial charge is 0.630 e. The van der Waals surface area contributed by atoms with Crippen LogP contribution in [0.1, 0.15) is 24.2 Å². The van der Waals surface area contributed by atoms with Crippen LogP contribution in [0.25, 0.3) is 10.8 Å². The monoisotopic (exact) mass is 314 g/mol. The Morgan fingerprint density at radius 3 is 3.00 bits per heavy atom. The third-order valence-electron chi connectivity index (χ3n) is 4.58. The van der Waals surface area contributed by atoms with Crippen LogP contribution in [0, 0.1) is 16.5 Å². The lowest BCUT2D eigenvalue weighted by atomic mass is 10.0. The predicted molar refractivity (Wildman–Crippen MR) is 84.6 cm³/mol. The van der Waals surface area contributed by atoms with Crippen molar-refractivity contribution >= 4 is 10.8 Å². The second-order valence-corrected chi connectivity index (χ2v) is 5.78. The van der Waals surface area contributed by atoms with Crippen LogP contribution < -0.4 is 16.6 Å². The van der Waals surface area contributed by atoms with Gasteiger partial charge in [-0.3, -0.25) is 10.1 Å². The topological polar surface area (TPSA) is 131 Å². The Morgan fingerprint density at radius 1 is 1.52 bits per heavy atom. The second-order valence-electron chi connectivity index (χ2n) is 5.78. The van der Waals surface area contributed by atoms with Crippen LogP contribution in [0.4, 0.5) is 0 Å². The maximum Gasteiger partial charge on any atom is 0.272 e. The van der Waals surface area contributed by atoms with Crippen molar-refractivity contribution in [1.29, 1.82) is 5.26 Å². The molecule has 3 unspecified atom stereocenters. The van der Waals surface area contributed by atoms with Crippen molar-refractivity contribution < 1.29 is 4.65 Å². The molecule has 1 fully saturated rings. The lowest BCUT2D eigenvalue weighted by Crippen LogP contribution is -2.49. The number of hydrogen-bond acceptors (Lipinski definition) is 6. The van der Waals surface area contributed by atoms with Crippen molar-refractivity contribution in [3.05, 3.63) is 45.0 Å². The maximum atomic E-state index is 13.1. The molecule has 0 amide bonds. The minimum Gasteiger partial charge on any atom is -0.630 e. The summed E-state index contributed by atoms with van der Waals surface area (Å²) in [5.41, 5.74) is 6.75. The van der Waals surface area contributed by atoms with E-state index in [1.807, 2.05) is 6.07 Å². The number of quaternary nitrogens is 1. The lowest BCUT2D eigenvalue weighted by Gasteiger charge is -2.45. The zero-order valence-electron chi connectivity index (χ0n) is 12.7. The molecule has 1 aliphatic rings. The Hall–Kier alpha value is -2.31. The van der Waals surface area contributed by atoms with Crippen molar-refractivity contribution in [3.63, 3.8) is 0 Å². The van der Waals surface area contributed by atoms with Crippen LogP contribution in [0.15, 0.2) is 23.0 Å². The Labute approximate surface area is 132 Å². The molecule has 0 aliphatic carbocycles. The van der Waals surface area contributed by atoms with Gasteiger partial charge in [0.05, 0.1) is 17.6 Å². The Kier molecular flexibility index (Phi) is 3.87. The number of rotatable bonds is 3. The van der Waals surface area contributed by atoms with Crippen LogP contribution in [0.3, 0.4) is 0 Å². The van der Waals surface area contributed by atoms with E-state index in [0.717, 1.165) is 5.56 Å². The smallest absolute Gasteiger partial charge is 0.272 e. The summed E-state index contributed by atoms with van der Waals surface area (Å²) in [5, 5.41) is 32.7. The first kappa shape index (κ1) is 15.6. The molecule has 2 heterocycles. The molecule has 3 rings (SSSR count). The maximum absolute atomic E-state index is 13.1. The number of nitrogens with two attached hydrogens (primary N) is 1. The number of nitrogens with one attached hydrogen (secondary N) is 2. The van der Waals surface area contributed by atoms with Crippen LogP contribution in [0.2, 0.25) is 0 Å². The van der Waals surface area contributed by atoms with Gasteiger partial charge in [0, 0.05) is 24.4 Å². The van der Waals surface area contributed by atoms with Gasteiger partial charge < -0.3 is 15.6 Å². The molecule has 1 aliphatic heterocycles. The number of nitrogens with zero attached hydrogens (tertiary/aromatic N) is 3. The molecule has 1 aromatic carbocycles. The molecular weight excluding hydrogens is 296 g/mol. The van der Waals surface area contributed by atoms with Crippen LogP contribution in [0.5, 0.6) is 0 Å². The van der Waals surface area contributed by atoms with Crippen LogP contribution in [-0.4, -0.2) is 34.1 Å². The molecule has 8 heteroatoms. The zero-order chi connectivity index (χ0) is 16.6. The Morgan fingerprint density at radius 2 is 2.30 bits per heavy atom. The number of hydrogen-bond donors (Lipinski definition) is 3. The van der Waals surface area contributed by atoms with E-state index < -0.39 is 10.7 Å². The molecular formula is C15H18N6O2. The van der Waals surface area contributed by atoms with Gasteiger partial charge in [0.15, 0.2) is 6.54 Å². The van der Waals surface area contributed by atoms with Gasteiger partial charge in [-0.1, -0.05) is 6.07 Å². The van der Waals surface area contributed by atoms with E-state index in [2.05, 4.69) is 15.5 Å². The number of benzene rings is 1. The summed E-state index contributed by atoms with van der Waals surface area (Å²) >= 11 is 0. The number of nitriles is 1. The van der Waals surface area contributed by atoms with Gasteiger partial charge in [-0.2, -0.15) is 10.4 Å². The number of aromatic amines is 1. The average molecular weight is 314 g/mol. The predicted octanol–water partition coefficient (Wildman–Crippen LogP) is 0.210. The van der Waals surface area contributed by atoms with Crippen molar-refractivity contribution in [2.45, 2.75) is 25.7 Å². The second kappa shape index (κ2) is 5.72.